The standard InChI is InChI=1S/C15H26ClN3/c1-12(2)10-19(8-7-18(3)4)11-13-9-14(17)5-6-15(13)16/h5-6,9,12H,7-8,10-11,17H2,1-4H3. The fourth-order valence-corrected chi connectivity index (χ4v) is 2.23. The number of halogens is 1. The van der Waals surface area contributed by atoms with Crippen LogP contribution in [0.1, 0.15) is 19.4 Å². The van der Waals surface area contributed by atoms with E-state index in [4.69, 9.17) is 17.3 Å². The second-order valence-electron chi connectivity index (χ2n) is 5.78. The minimum absolute atomic E-state index is 0.641. The summed E-state index contributed by atoms with van der Waals surface area (Å²) < 4.78 is 0. The Morgan fingerprint density at radius 3 is 2.47 bits per heavy atom. The first-order valence-electron chi connectivity index (χ1n) is 6.79. The second kappa shape index (κ2) is 7.73. The van der Waals surface area contributed by atoms with E-state index in [9.17, 15) is 0 Å². The van der Waals surface area contributed by atoms with E-state index in [0.717, 1.165) is 42.5 Å². The average molecular weight is 284 g/mol. The molecule has 0 heterocycles. The van der Waals surface area contributed by atoms with Crippen molar-refractivity contribution in [2.24, 2.45) is 5.92 Å². The van der Waals surface area contributed by atoms with Gasteiger partial charge in [0.05, 0.1) is 0 Å². The van der Waals surface area contributed by atoms with Crippen LogP contribution in [0.25, 0.3) is 0 Å². The molecule has 19 heavy (non-hydrogen) atoms. The molecular formula is C15H26ClN3. The van der Waals surface area contributed by atoms with Gasteiger partial charge in [-0.05, 0) is 43.8 Å². The van der Waals surface area contributed by atoms with Crippen LogP contribution in [-0.4, -0.2) is 43.5 Å². The first kappa shape index (κ1) is 16.3. The highest BCUT2D eigenvalue weighted by molar-refractivity contribution is 6.31. The Labute approximate surface area is 122 Å². The fraction of sp³-hybridized carbons (Fsp3) is 0.600. The van der Waals surface area contributed by atoms with E-state index in [1.54, 1.807) is 0 Å². The minimum atomic E-state index is 0.641. The third-order valence-corrected chi connectivity index (χ3v) is 3.32. The van der Waals surface area contributed by atoms with E-state index >= 15 is 0 Å². The van der Waals surface area contributed by atoms with Crippen molar-refractivity contribution < 1.29 is 0 Å². The lowest BCUT2D eigenvalue weighted by molar-refractivity contribution is 0.212. The summed E-state index contributed by atoms with van der Waals surface area (Å²) in [5.41, 5.74) is 7.73. The lowest BCUT2D eigenvalue weighted by atomic mass is 10.1. The topological polar surface area (TPSA) is 32.5 Å². The zero-order valence-corrected chi connectivity index (χ0v) is 13.2. The number of hydrogen-bond donors (Lipinski definition) is 1. The van der Waals surface area contributed by atoms with Gasteiger partial charge in [0.1, 0.15) is 0 Å². The summed E-state index contributed by atoms with van der Waals surface area (Å²) in [6, 6.07) is 5.70. The van der Waals surface area contributed by atoms with Crippen molar-refractivity contribution in [3.63, 3.8) is 0 Å². The van der Waals surface area contributed by atoms with Crippen LogP contribution in [0, 0.1) is 5.92 Å². The van der Waals surface area contributed by atoms with Gasteiger partial charge in [0.15, 0.2) is 0 Å². The summed E-state index contributed by atoms with van der Waals surface area (Å²) in [4.78, 5) is 4.64. The number of nitrogens with two attached hydrogens (primary N) is 1. The van der Waals surface area contributed by atoms with Gasteiger partial charge in [-0.25, -0.2) is 0 Å². The SMILES string of the molecule is CC(C)CN(CCN(C)C)Cc1cc(N)ccc1Cl. The van der Waals surface area contributed by atoms with Crippen LogP contribution in [0.15, 0.2) is 18.2 Å². The highest BCUT2D eigenvalue weighted by Crippen LogP contribution is 2.21. The van der Waals surface area contributed by atoms with Crippen molar-refractivity contribution in [1.29, 1.82) is 0 Å². The maximum Gasteiger partial charge on any atom is 0.0452 e. The van der Waals surface area contributed by atoms with Crippen LogP contribution in [-0.2, 0) is 6.54 Å². The molecule has 1 rings (SSSR count). The number of anilines is 1. The molecule has 0 saturated carbocycles. The third-order valence-electron chi connectivity index (χ3n) is 2.95. The predicted octanol–water partition coefficient (Wildman–Crippen LogP) is 2.94. The molecule has 108 valence electrons. The molecule has 4 heteroatoms. The van der Waals surface area contributed by atoms with E-state index in [2.05, 4.69) is 37.7 Å². The minimum Gasteiger partial charge on any atom is -0.399 e. The summed E-state index contributed by atoms with van der Waals surface area (Å²) in [7, 11) is 4.20. The Balaban J connectivity index is 2.72. The molecular weight excluding hydrogens is 258 g/mol. The van der Waals surface area contributed by atoms with E-state index in [1.807, 2.05) is 18.2 Å². The normalized spacial score (nSPS) is 11.8. The molecule has 0 aliphatic rings. The Morgan fingerprint density at radius 2 is 1.89 bits per heavy atom. The molecule has 0 atom stereocenters. The summed E-state index contributed by atoms with van der Waals surface area (Å²) in [6.45, 7) is 8.49. The van der Waals surface area contributed by atoms with Gasteiger partial charge in [-0.2, -0.15) is 0 Å². The third kappa shape index (κ3) is 6.28. The van der Waals surface area contributed by atoms with Gasteiger partial charge < -0.3 is 10.6 Å². The van der Waals surface area contributed by atoms with Crippen LogP contribution in [0.4, 0.5) is 5.69 Å². The quantitative estimate of drug-likeness (QED) is 0.781. The molecule has 0 fully saturated rings. The van der Waals surface area contributed by atoms with Crippen molar-refractivity contribution >= 4 is 17.3 Å². The summed E-state index contributed by atoms with van der Waals surface area (Å²) in [5, 5.41) is 0.799. The molecule has 0 radical (unpaired) electrons. The highest BCUT2D eigenvalue weighted by Gasteiger charge is 2.11. The maximum absolute atomic E-state index is 6.25. The largest absolute Gasteiger partial charge is 0.399 e. The molecule has 3 nitrogen and oxygen atoms in total. The van der Waals surface area contributed by atoms with Crippen LogP contribution in [0.5, 0.6) is 0 Å². The van der Waals surface area contributed by atoms with Gasteiger partial charge in [-0.3, -0.25) is 4.90 Å². The summed E-state index contributed by atoms with van der Waals surface area (Å²) >= 11 is 6.25. The first-order chi connectivity index (χ1) is 8.88. The number of nitrogen functional groups attached to an aromatic ring is 1. The van der Waals surface area contributed by atoms with Crippen LogP contribution < -0.4 is 5.73 Å². The van der Waals surface area contributed by atoms with Gasteiger partial charge in [0, 0.05) is 36.9 Å². The summed E-state index contributed by atoms with van der Waals surface area (Å²) in [6.07, 6.45) is 0. The first-order valence-corrected chi connectivity index (χ1v) is 7.17. The molecule has 2 N–H and O–H groups in total. The van der Waals surface area contributed by atoms with Gasteiger partial charge >= 0.3 is 0 Å². The maximum atomic E-state index is 6.25. The molecule has 0 amide bonds. The molecule has 0 aliphatic heterocycles. The molecule has 0 saturated heterocycles. The number of benzene rings is 1. The van der Waals surface area contributed by atoms with E-state index < -0.39 is 0 Å². The number of likely N-dealkylation sites (N-methyl/N-ethyl adjacent to an activating group) is 1. The van der Waals surface area contributed by atoms with Gasteiger partial charge in [0.25, 0.3) is 0 Å². The number of rotatable bonds is 7. The molecule has 0 aliphatic carbocycles. The molecule has 0 spiro atoms. The average Bonchev–Trinajstić information content (AvgIpc) is 2.30. The van der Waals surface area contributed by atoms with Gasteiger partial charge in [0.2, 0.25) is 0 Å². The van der Waals surface area contributed by atoms with E-state index in [-0.39, 0.29) is 0 Å². The fourth-order valence-electron chi connectivity index (χ4n) is 2.05. The number of hydrogen-bond acceptors (Lipinski definition) is 3. The van der Waals surface area contributed by atoms with Crippen molar-refractivity contribution in [3.05, 3.63) is 28.8 Å². The van der Waals surface area contributed by atoms with Crippen molar-refractivity contribution in [2.75, 3.05) is 39.5 Å². The Kier molecular flexibility index (Phi) is 6.63. The number of nitrogens with zero attached hydrogens (tertiary/aromatic N) is 2. The van der Waals surface area contributed by atoms with E-state index in [1.165, 1.54) is 0 Å². The van der Waals surface area contributed by atoms with Crippen LogP contribution in [0.3, 0.4) is 0 Å². The predicted molar refractivity (Wildman–Crippen MR) is 84.5 cm³/mol. The van der Waals surface area contributed by atoms with E-state index in [0.29, 0.717) is 5.92 Å². The zero-order valence-electron chi connectivity index (χ0n) is 12.5. The molecule has 0 unspecified atom stereocenters. The Morgan fingerprint density at radius 1 is 1.21 bits per heavy atom. The Hall–Kier alpha value is -0.770. The Bertz CT molecular complexity index is 391. The molecule has 1 aromatic carbocycles. The van der Waals surface area contributed by atoms with Crippen LogP contribution in [0.2, 0.25) is 5.02 Å². The lowest BCUT2D eigenvalue weighted by Gasteiger charge is -2.26. The lowest BCUT2D eigenvalue weighted by Crippen LogP contribution is -2.34. The summed E-state index contributed by atoms with van der Waals surface area (Å²) in [5.74, 6) is 0.641. The van der Waals surface area contributed by atoms with Gasteiger partial charge in [-0.15, -0.1) is 0 Å². The molecule has 0 aromatic heterocycles. The van der Waals surface area contributed by atoms with Crippen molar-refractivity contribution in [2.45, 2.75) is 20.4 Å². The molecule has 0 bridgehead atoms. The highest BCUT2D eigenvalue weighted by atomic mass is 35.5. The second-order valence-corrected chi connectivity index (χ2v) is 6.19. The zero-order chi connectivity index (χ0) is 14.4. The van der Waals surface area contributed by atoms with Crippen LogP contribution >= 0.6 is 11.6 Å². The smallest absolute Gasteiger partial charge is 0.0452 e. The van der Waals surface area contributed by atoms with Crippen molar-refractivity contribution in [1.82, 2.24) is 9.80 Å². The van der Waals surface area contributed by atoms with Gasteiger partial charge in [-0.1, -0.05) is 25.4 Å². The molecule has 1 aromatic rings. The van der Waals surface area contributed by atoms with Crippen molar-refractivity contribution in [3.8, 4) is 0 Å². The monoisotopic (exact) mass is 283 g/mol.